The molecular formula is C21H34O2. The van der Waals surface area contributed by atoms with E-state index in [2.05, 4.69) is 13.8 Å². The van der Waals surface area contributed by atoms with Crippen molar-refractivity contribution in [3.8, 4) is 0 Å². The van der Waals surface area contributed by atoms with E-state index >= 15 is 0 Å². The number of hydrogen-bond acceptors (Lipinski definition) is 2. The fourth-order valence-electron chi connectivity index (χ4n) is 7.90. The molecule has 1 unspecified atom stereocenters. The maximum Gasteiger partial charge on any atom is 0.133 e. The van der Waals surface area contributed by atoms with Crippen molar-refractivity contribution in [1.29, 1.82) is 0 Å². The van der Waals surface area contributed by atoms with Crippen LogP contribution >= 0.6 is 0 Å². The van der Waals surface area contributed by atoms with Crippen LogP contribution in [-0.2, 0) is 4.79 Å². The van der Waals surface area contributed by atoms with Crippen molar-refractivity contribution in [2.75, 3.05) is 0 Å². The van der Waals surface area contributed by atoms with Crippen LogP contribution in [0, 0.1) is 40.4 Å². The summed E-state index contributed by atoms with van der Waals surface area (Å²) in [6.07, 6.45) is 10.9. The van der Waals surface area contributed by atoms with E-state index in [1.165, 1.54) is 38.5 Å². The molecule has 0 heterocycles. The van der Waals surface area contributed by atoms with Gasteiger partial charge in [-0.05, 0) is 99.2 Å². The number of hydrogen-bond donors (Lipinski definition) is 1. The first-order valence-electron chi connectivity index (χ1n) is 10.0. The van der Waals surface area contributed by atoms with E-state index < -0.39 is 0 Å². The first-order chi connectivity index (χ1) is 10.9. The van der Waals surface area contributed by atoms with Gasteiger partial charge in [0.05, 0.1) is 6.10 Å². The lowest BCUT2D eigenvalue weighted by molar-refractivity contribution is -0.138. The average Bonchev–Trinajstić information content (AvgIpc) is 2.85. The highest BCUT2D eigenvalue weighted by Crippen LogP contribution is 2.67. The monoisotopic (exact) mass is 318 g/mol. The SMILES string of the molecule is CC(=O)[C@H]1CC[C@H]2[C@@H]3CC[C@H]4C[C@H](O)CC[C@]4(C)[C@H]3CCC12C. The standard InChI is InChI=1S/C21H34O2/c1-13(22)17-6-7-18-16-5-4-14-12-15(23)8-10-20(14,2)19(16)9-11-21(17,18)3/h14-19,23H,4-12H2,1-3H3/t14-,15+,16-,17+,18-,19-,20-,21?/m0/s1. The minimum Gasteiger partial charge on any atom is -0.393 e. The lowest BCUT2D eigenvalue weighted by Gasteiger charge is -2.60. The molecule has 2 heteroatoms. The van der Waals surface area contributed by atoms with Crippen molar-refractivity contribution in [2.24, 2.45) is 40.4 Å². The predicted molar refractivity (Wildman–Crippen MR) is 91.9 cm³/mol. The number of carbonyl (C=O) groups is 1. The van der Waals surface area contributed by atoms with Gasteiger partial charge in [0, 0.05) is 5.92 Å². The van der Waals surface area contributed by atoms with Crippen LogP contribution in [0.2, 0.25) is 0 Å². The van der Waals surface area contributed by atoms with Crippen LogP contribution in [-0.4, -0.2) is 17.0 Å². The van der Waals surface area contributed by atoms with Crippen LogP contribution in [0.25, 0.3) is 0 Å². The summed E-state index contributed by atoms with van der Waals surface area (Å²) in [6, 6.07) is 0. The lowest BCUT2D eigenvalue weighted by atomic mass is 9.44. The van der Waals surface area contributed by atoms with Gasteiger partial charge in [-0.3, -0.25) is 4.79 Å². The molecule has 130 valence electrons. The van der Waals surface area contributed by atoms with E-state index in [0.29, 0.717) is 17.1 Å². The number of aliphatic hydroxyl groups excluding tert-OH is 1. The Balaban J connectivity index is 1.61. The molecule has 4 saturated carbocycles. The number of carbonyl (C=O) groups excluding carboxylic acids is 1. The van der Waals surface area contributed by atoms with Crippen molar-refractivity contribution in [3.05, 3.63) is 0 Å². The summed E-state index contributed by atoms with van der Waals surface area (Å²) in [5.74, 6) is 3.97. The third-order valence-electron chi connectivity index (χ3n) is 9.13. The van der Waals surface area contributed by atoms with Gasteiger partial charge >= 0.3 is 0 Å². The highest BCUT2D eigenvalue weighted by Gasteiger charge is 2.60. The number of ketones is 1. The zero-order valence-electron chi connectivity index (χ0n) is 15.2. The van der Waals surface area contributed by atoms with Crippen molar-refractivity contribution in [3.63, 3.8) is 0 Å². The third kappa shape index (κ3) is 2.19. The molecule has 0 amide bonds. The quantitative estimate of drug-likeness (QED) is 0.767. The molecule has 4 rings (SSSR count). The van der Waals surface area contributed by atoms with Gasteiger partial charge in [0.15, 0.2) is 0 Å². The largest absolute Gasteiger partial charge is 0.393 e. The summed E-state index contributed by atoms with van der Waals surface area (Å²) in [5.41, 5.74) is 0.738. The molecule has 0 spiro atoms. The molecular weight excluding hydrogens is 284 g/mol. The average molecular weight is 319 g/mol. The predicted octanol–water partition coefficient (Wildman–Crippen LogP) is 4.60. The van der Waals surface area contributed by atoms with Crippen molar-refractivity contribution in [1.82, 2.24) is 0 Å². The molecule has 4 aliphatic carbocycles. The smallest absolute Gasteiger partial charge is 0.133 e. The van der Waals surface area contributed by atoms with E-state index in [0.717, 1.165) is 42.9 Å². The van der Waals surface area contributed by atoms with Gasteiger partial charge in [0.2, 0.25) is 0 Å². The second-order valence-corrected chi connectivity index (χ2v) is 9.87. The molecule has 0 saturated heterocycles. The fourth-order valence-corrected chi connectivity index (χ4v) is 7.90. The third-order valence-corrected chi connectivity index (χ3v) is 9.13. The molecule has 23 heavy (non-hydrogen) atoms. The van der Waals surface area contributed by atoms with E-state index in [-0.39, 0.29) is 11.5 Å². The second-order valence-electron chi connectivity index (χ2n) is 9.87. The molecule has 0 aromatic heterocycles. The number of fused-ring (bicyclic) bond motifs is 5. The van der Waals surface area contributed by atoms with Gasteiger partial charge in [-0.1, -0.05) is 13.8 Å². The van der Waals surface area contributed by atoms with Gasteiger partial charge in [-0.25, -0.2) is 0 Å². The van der Waals surface area contributed by atoms with Crippen LogP contribution < -0.4 is 0 Å². The molecule has 0 aromatic rings. The van der Waals surface area contributed by atoms with Crippen molar-refractivity contribution >= 4 is 5.78 Å². The Morgan fingerprint density at radius 3 is 2.35 bits per heavy atom. The maximum atomic E-state index is 12.2. The summed E-state index contributed by atoms with van der Waals surface area (Å²) >= 11 is 0. The van der Waals surface area contributed by atoms with Crippen LogP contribution in [0.1, 0.15) is 78.6 Å². The second kappa shape index (κ2) is 5.31. The highest BCUT2D eigenvalue weighted by atomic mass is 16.3. The minimum atomic E-state index is -0.0490. The summed E-state index contributed by atoms with van der Waals surface area (Å²) in [6.45, 7) is 6.80. The van der Waals surface area contributed by atoms with Crippen LogP contribution in [0.3, 0.4) is 0 Å². The first-order valence-corrected chi connectivity index (χ1v) is 10.0. The Kier molecular flexibility index (Phi) is 3.72. The maximum absolute atomic E-state index is 12.2. The Morgan fingerprint density at radius 2 is 1.61 bits per heavy atom. The molecule has 4 aliphatic rings. The lowest BCUT2D eigenvalue weighted by Crippen LogP contribution is -2.54. The number of Topliss-reactive ketones (excluding diaryl/α,β-unsaturated/α-hetero) is 1. The molecule has 2 nitrogen and oxygen atoms in total. The first kappa shape index (κ1) is 16.1. The molecule has 0 aromatic carbocycles. The van der Waals surface area contributed by atoms with Gasteiger partial charge in [-0.15, -0.1) is 0 Å². The molecule has 0 radical (unpaired) electrons. The minimum absolute atomic E-state index is 0.0490. The van der Waals surface area contributed by atoms with Crippen LogP contribution in [0.15, 0.2) is 0 Å². The normalized spacial score (nSPS) is 55.7. The summed E-state index contributed by atoms with van der Waals surface area (Å²) in [4.78, 5) is 12.2. The Labute approximate surface area is 141 Å². The van der Waals surface area contributed by atoms with Crippen LogP contribution in [0.5, 0.6) is 0 Å². The summed E-state index contributed by atoms with van der Waals surface area (Å²) in [5, 5.41) is 10.1. The van der Waals surface area contributed by atoms with Gasteiger partial charge in [0.25, 0.3) is 0 Å². The molecule has 4 fully saturated rings. The molecule has 0 aliphatic heterocycles. The number of rotatable bonds is 1. The Bertz CT molecular complexity index is 500. The Hall–Kier alpha value is -0.370. The Morgan fingerprint density at radius 1 is 0.913 bits per heavy atom. The zero-order valence-corrected chi connectivity index (χ0v) is 15.2. The van der Waals surface area contributed by atoms with Gasteiger partial charge in [0.1, 0.15) is 5.78 Å². The molecule has 8 atom stereocenters. The molecule has 1 N–H and O–H groups in total. The van der Waals surface area contributed by atoms with Crippen molar-refractivity contribution < 1.29 is 9.90 Å². The highest BCUT2D eigenvalue weighted by molar-refractivity contribution is 5.79. The van der Waals surface area contributed by atoms with E-state index in [1.807, 2.05) is 6.92 Å². The van der Waals surface area contributed by atoms with Gasteiger partial charge in [-0.2, -0.15) is 0 Å². The van der Waals surface area contributed by atoms with Crippen LogP contribution in [0.4, 0.5) is 0 Å². The fraction of sp³-hybridized carbons (Fsp3) is 0.952. The topological polar surface area (TPSA) is 37.3 Å². The zero-order chi connectivity index (χ0) is 16.4. The van der Waals surface area contributed by atoms with E-state index in [9.17, 15) is 9.90 Å². The number of aliphatic hydroxyl groups is 1. The van der Waals surface area contributed by atoms with E-state index in [4.69, 9.17) is 0 Å². The van der Waals surface area contributed by atoms with Gasteiger partial charge < -0.3 is 5.11 Å². The summed E-state index contributed by atoms with van der Waals surface area (Å²) in [7, 11) is 0. The molecule has 0 bridgehead atoms. The van der Waals surface area contributed by atoms with E-state index in [1.54, 1.807) is 0 Å². The summed E-state index contributed by atoms with van der Waals surface area (Å²) < 4.78 is 0. The van der Waals surface area contributed by atoms with Crippen molar-refractivity contribution in [2.45, 2.75) is 84.7 Å².